The molecular weight excluding hydrogens is 376 g/mol. The third-order valence-corrected chi connectivity index (χ3v) is 5.64. The number of benzene rings is 1. The highest BCUT2D eigenvalue weighted by molar-refractivity contribution is 7.71. The minimum atomic E-state index is -0.00907. The average Bonchev–Trinajstić information content (AvgIpc) is 3.25. The first-order valence-corrected chi connectivity index (χ1v) is 10.1. The van der Waals surface area contributed by atoms with Gasteiger partial charge >= 0.3 is 0 Å². The number of nitrogens with zero attached hydrogens (tertiary/aromatic N) is 3. The van der Waals surface area contributed by atoms with Crippen LogP contribution in [0.25, 0.3) is 10.7 Å². The predicted molar refractivity (Wildman–Crippen MR) is 112 cm³/mol. The molecule has 5 nitrogen and oxygen atoms in total. The maximum Gasteiger partial charge on any atom is 0.242 e. The molecule has 0 saturated heterocycles. The highest BCUT2D eigenvalue weighted by Crippen LogP contribution is 2.24. The molecule has 0 unspecified atom stereocenters. The molecule has 142 valence electrons. The van der Waals surface area contributed by atoms with Gasteiger partial charge < -0.3 is 4.90 Å². The Labute approximate surface area is 168 Å². The fraction of sp³-hybridized carbons (Fsp3) is 0.350. The minimum Gasteiger partial charge on any atom is -0.340 e. The van der Waals surface area contributed by atoms with Crippen molar-refractivity contribution in [1.82, 2.24) is 19.7 Å². The molecule has 0 fully saturated rings. The predicted octanol–water partition coefficient (Wildman–Crippen LogP) is 4.63. The summed E-state index contributed by atoms with van der Waals surface area (Å²) in [4.78, 5) is 15.4. The Morgan fingerprint density at radius 3 is 2.56 bits per heavy atom. The van der Waals surface area contributed by atoms with Crippen LogP contribution in [-0.2, 0) is 23.3 Å². The number of likely N-dealkylation sites (N-methyl/N-ethyl adjacent to an activating group) is 1. The summed E-state index contributed by atoms with van der Waals surface area (Å²) in [5.74, 6) is 0.691. The van der Waals surface area contributed by atoms with E-state index in [1.165, 1.54) is 5.56 Å². The summed E-state index contributed by atoms with van der Waals surface area (Å²) in [6.45, 7) is 7.30. The van der Waals surface area contributed by atoms with Crippen LogP contribution in [-0.4, -0.2) is 32.6 Å². The van der Waals surface area contributed by atoms with Gasteiger partial charge in [-0.1, -0.05) is 51.1 Å². The zero-order chi connectivity index (χ0) is 19.6. The number of hydrogen-bond acceptors (Lipinski definition) is 4. The monoisotopic (exact) mass is 400 g/mol. The molecule has 0 aliphatic carbocycles. The van der Waals surface area contributed by atoms with Crippen molar-refractivity contribution in [3.8, 4) is 10.7 Å². The molecule has 7 heteroatoms. The number of thiophene rings is 1. The van der Waals surface area contributed by atoms with Gasteiger partial charge in [0, 0.05) is 13.6 Å². The molecule has 1 amide bonds. The van der Waals surface area contributed by atoms with Gasteiger partial charge in [-0.2, -0.15) is 5.10 Å². The van der Waals surface area contributed by atoms with Gasteiger partial charge in [-0.15, -0.1) is 11.3 Å². The number of H-pyrrole nitrogens is 1. The Morgan fingerprint density at radius 1 is 1.26 bits per heavy atom. The fourth-order valence-corrected chi connectivity index (χ4v) is 3.71. The van der Waals surface area contributed by atoms with Crippen LogP contribution < -0.4 is 0 Å². The highest BCUT2D eigenvalue weighted by atomic mass is 32.1. The van der Waals surface area contributed by atoms with Crippen molar-refractivity contribution >= 4 is 29.5 Å². The SMILES string of the molecule is CN(Cc1ccc(C(C)(C)C)cc1)C(=O)Cn1c(-c2cccs2)n[nH]c1=S. The van der Waals surface area contributed by atoms with Crippen molar-refractivity contribution in [1.29, 1.82) is 0 Å². The summed E-state index contributed by atoms with van der Waals surface area (Å²) in [5.41, 5.74) is 2.51. The number of carbonyl (C=O) groups is 1. The van der Waals surface area contributed by atoms with Crippen molar-refractivity contribution in [3.63, 3.8) is 0 Å². The van der Waals surface area contributed by atoms with E-state index in [-0.39, 0.29) is 17.9 Å². The summed E-state index contributed by atoms with van der Waals surface area (Å²) < 4.78 is 2.21. The van der Waals surface area contributed by atoms with E-state index < -0.39 is 0 Å². The lowest BCUT2D eigenvalue weighted by Gasteiger charge is -2.21. The molecule has 2 aromatic heterocycles. The first kappa shape index (κ1) is 19.5. The van der Waals surface area contributed by atoms with Crippen LogP contribution in [0.1, 0.15) is 31.9 Å². The van der Waals surface area contributed by atoms with Gasteiger partial charge in [0.25, 0.3) is 0 Å². The summed E-state index contributed by atoms with van der Waals surface area (Å²) >= 11 is 6.88. The largest absolute Gasteiger partial charge is 0.340 e. The Kier molecular flexibility index (Phi) is 5.62. The Bertz CT molecular complexity index is 963. The molecule has 0 atom stereocenters. The van der Waals surface area contributed by atoms with E-state index in [1.54, 1.807) is 20.8 Å². The molecule has 0 aliphatic rings. The van der Waals surface area contributed by atoms with Gasteiger partial charge in [0.15, 0.2) is 10.6 Å². The molecule has 3 aromatic rings. The minimum absolute atomic E-state index is 0.00907. The fourth-order valence-electron chi connectivity index (χ4n) is 2.79. The van der Waals surface area contributed by atoms with Crippen LogP contribution >= 0.6 is 23.6 Å². The third-order valence-electron chi connectivity index (χ3n) is 4.46. The quantitative estimate of drug-likeness (QED) is 0.636. The maximum absolute atomic E-state index is 12.7. The Hall–Kier alpha value is -2.25. The van der Waals surface area contributed by atoms with E-state index in [2.05, 4.69) is 55.2 Å². The molecule has 0 radical (unpaired) electrons. The molecule has 0 bridgehead atoms. The highest BCUT2D eigenvalue weighted by Gasteiger charge is 2.17. The summed E-state index contributed by atoms with van der Waals surface area (Å²) in [6.07, 6.45) is 0. The number of nitrogens with one attached hydrogen (secondary N) is 1. The number of amides is 1. The van der Waals surface area contributed by atoms with Crippen molar-refractivity contribution in [2.45, 2.75) is 39.3 Å². The van der Waals surface area contributed by atoms with Crippen LogP contribution in [0.15, 0.2) is 41.8 Å². The third kappa shape index (κ3) is 4.54. The zero-order valence-electron chi connectivity index (χ0n) is 16.0. The maximum atomic E-state index is 12.7. The van der Waals surface area contributed by atoms with E-state index in [0.29, 0.717) is 17.1 Å². The smallest absolute Gasteiger partial charge is 0.242 e. The van der Waals surface area contributed by atoms with Crippen LogP contribution in [0, 0.1) is 4.77 Å². The lowest BCUT2D eigenvalue weighted by atomic mass is 9.87. The Morgan fingerprint density at radius 2 is 1.96 bits per heavy atom. The topological polar surface area (TPSA) is 53.9 Å². The lowest BCUT2D eigenvalue weighted by molar-refractivity contribution is -0.131. The number of aromatic amines is 1. The molecular formula is C20H24N4OS2. The van der Waals surface area contributed by atoms with Crippen molar-refractivity contribution < 1.29 is 4.79 Å². The standard InChI is InChI=1S/C20H24N4OS2/c1-20(2,3)15-9-7-14(8-10-15)12-23(4)17(25)13-24-18(21-22-19(24)26)16-6-5-11-27-16/h5-11H,12-13H2,1-4H3,(H,22,26). The van der Waals surface area contributed by atoms with Crippen LogP contribution in [0.2, 0.25) is 0 Å². The second kappa shape index (κ2) is 7.78. The molecule has 27 heavy (non-hydrogen) atoms. The van der Waals surface area contributed by atoms with E-state index >= 15 is 0 Å². The van der Waals surface area contributed by atoms with Crippen molar-refractivity contribution in [3.05, 3.63) is 57.7 Å². The number of hydrogen-bond donors (Lipinski definition) is 1. The van der Waals surface area contributed by atoms with E-state index in [4.69, 9.17) is 12.2 Å². The summed E-state index contributed by atoms with van der Waals surface area (Å²) in [5, 5.41) is 9.04. The molecule has 2 heterocycles. The first-order chi connectivity index (χ1) is 12.8. The molecule has 0 spiro atoms. The average molecular weight is 401 g/mol. The van der Waals surface area contributed by atoms with E-state index in [1.807, 2.05) is 24.6 Å². The Balaban J connectivity index is 1.70. The molecule has 3 rings (SSSR count). The summed E-state index contributed by atoms with van der Waals surface area (Å²) in [7, 11) is 1.81. The number of rotatable bonds is 5. The molecule has 0 aliphatic heterocycles. The van der Waals surface area contributed by atoms with Gasteiger partial charge in [-0.25, -0.2) is 0 Å². The first-order valence-electron chi connectivity index (χ1n) is 8.78. The van der Waals surface area contributed by atoms with Crippen molar-refractivity contribution in [2.24, 2.45) is 0 Å². The second-order valence-electron chi connectivity index (χ2n) is 7.61. The summed E-state index contributed by atoms with van der Waals surface area (Å²) in [6, 6.07) is 12.4. The normalized spacial score (nSPS) is 11.6. The van der Waals surface area contributed by atoms with Crippen LogP contribution in [0.3, 0.4) is 0 Å². The molecule has 1 aromatic carbocycles. The van der Waals surface area contributed by atoms with Gasteiger partial charge in [0.1, 0.15) is 6.54 Å². The van der Waals surface area contributed by atoms with E-state index in [0.717, 1.165) is 10.4 Å². The number of carbonyl (C=O) groups excluding carboxylic acids is 1. The molecule has 0 saturated carbocycles. The lowest BCUT2D eigenvalue weighted by Crippen LogP contribution is -2.30. The van der Waals surface area contributed by atoms with Gasteiger partial charge in [-0.05, 0) is 40.2 Å². The number of aromatic nitrogens is 3. The van der Waals surface area contributed by atoms with Crippen LogP contribution in [0.4, 0.5) is 0 Å². The van der Waals surface area contributed by atoms with Gasteiger partial charge in [0.05, 0.1) is 4.88 Å². The second-order valence-corrected chi connectivity index (χ2v) is 8.95. The molecule has 1 N–H and O–H groups in total. The zero-order valence-corrected chi connectivity index (χ0v) is 17.7. The van der Waals surface area contributed by atoms with Crippen molar-refractivity contribution in [2.75, 3.05) is 7.05 Å². The van der Waals surface area contributed by atoms with Crippen LogP contribution in [0.5, 0.6) is 0 Å². The van der Waals surface area contributed by atoms with Gasteiger partial charge in [0.2, 0.25) is 5.91 Å². The van der Waals surface area contributed by atoms with Gasteiger partial charge in [-0.3, -0.25) is 14.5 Å². The van der Waals surface area contributed by atoms with E-state index in [9.17, 15) is 4.79 Å².